The smallest absolute Gasteiger partial charge is 0.266 e. The molecule has 1 saturated carbocycles. The molecule has 1 aromatic rings. The van der Waals surface area contributed by atoms with E-state index in [1.807, 2.05) is 41.4 Å². The number of hydrogen-bond acceptors (Lipinski definition) is 2. The van der Waals surface area contributed by atoms with Gasteiger partial charge in [0.05, 0.1) is 0 Å². The summed E-state index contributed by atoms with van der Waals surface area (Å²) < 4.78 is 1.82. The van der Waals surface area contributed by atoms with Crippen LogP contribution in [0.3, 0.4) is 0 Å². The number of nitrogens with one attached hydrogen (secondary N) is 1. The maximum atomic E-state index is 11.6. The summed E-state index contributed by atoms with van der Waals surface area (Å²) in [4.78, 5) is 11.6. The van der Waals surface area contributed by atoms with Gasteiger partial charge in [-0.3, -0.25) is 4.79 Å². The van der Waals surface area contributed by atoms with Crippen LogP contribution in [0, 0.1) is 5.92 Å². The lowest BCUT2D eigenvalue weighted by Gasteiger charge is -2.16. The summed E-state index contributed by atoms with van der Waals surface area (Å²) in [5, 5.41) is 4.05. The van der Waals surface area contributed by atoms with Crippen LogP contribution in [0.1, 0.15) is 32.1 Å². The minimum Gasteiger partial charge on any atom is -0.266 e. The molecule has 0 aromatic carbocycles. The van der Waals surface area contributed by atoms with Gasteiger partial charge in [0, 0.05) is 18.3 Å². The normalized spacial score (nSPS) is 16.9. The van der Waals surface area contributed by atoms with Crippen LogP contribution in [-0.4, -0.2) is 12.1 Å². The molecule has 1 heterocycles. The van der Waals surface area contributed by atoms with Crippen LogP contribution < -0.4 is 9.99 Å². The van der Waals surface area contributed by atoms with E-state index in [-0.39, 0.29) is 5.91 Å². The van der Waals surface area contributed by atoms with E-state index in [1.54, 1.807) is 0 Å². The molecule has 0 aliphatic heterocycles. The first kappa shape index (κ1) is 12.7. The first-order valence-corrected chi connectivity index (χ1v) is 6.61. The average Bonchev–Trinajstić information content (AvgIpc) is 2.41. The Bertz CT molecular complexity index is 397. The van der Waals surface area contributed by atoms with Crippen molar-refractivity contribution in [1.29, 1.82) is 0 Å². The van der Waals surface area contributed by atoms with Crippen molar-refractivity contribution in [3.05, 3.63) is 30.6 Å². The van der Waals surface area contributed by atoms with Gasteiger partial charge in [-0.15, -0.1) is 0 Å². The Balaban J connectivity index is 1.72. The number of aromatic nitrogens is 1. The standard InChI is InChI=1S/C14H19N3O/c18-14(12-17-9-5-2-6-10-17)16-15-11-13-7-3-1-4-8-13/h2,5-6,9-11,13H,1,3-4,7-8,12H2/p+1/b15-11+. The summed E-state index contributed by atoms with van der Waals surface area (Å²) in [5.41, 5.74) is 2.59. The second kappa shape index (κ2) is 6.89. The minimum absolute atomic E-state index is 0.0849. The van der Waals surface area contributed by atoms with Gasteiger partial charge in [-0.05, 0) is 18.8 Å². The van der Waals surface area contributed by atoms with E-state index in [1.165, 1.54) is 32.1 Å². The van der Waals surface area contributed by atoms with Crippen molar-refractivity contribution in [2.45, 2.75) is 38.6 Å². The number of hydrazone groups is 1. The topological polar surface area (TPSA) is 45.3 Å². The van der Waals surface area contributed by atoms with Gasteiger partial charge >= 0.3 is 5.91 Å². The van der Waals surface area contributed by atoms with Crippen molar-refractivity contribution < 1.29 is 9.36 Å². The van der Waals surface area contributed by atoms with Crippen molar-refractivity contribution in [3.8, 4) is 0 Å². The fourth-order valence-electron chi connectivity index (χ4n) is 2.24. The first-order chi connectivity index (χ1) is 8.84. The summed E-state index contributed by atoms with van der Waals surface area (Å²) in [5.74, 6) is 0.460. The molecule has 1 aliphatic carbocycles. The Morgan fingerprint density at radius 2 is 1.94 bits per heavy atom. The highest BCUT2D eigenvalue weighted by molar-refractivity contribution is 5.75. The summed E-state index contributed by atoms with van der Waals surface area (Å²) in [6.45, 7) is 0.308. The molecule has 0 radical (unpaired) electrons. The predicted octanol–water partition coefficient (Wildman–Crippen LogP) is 1.66. The molecule has 0 spiro atoms. The second-order valence-electron chi connectivity index (χ2n) is 4.76. The fourth-order valence-corrected chi connectivity index (χ4v) is 2.24. The number of carbonyl (C=O) groups excluding carboxylic acids is 1. The molecule has 1 amide bonds. The van der Waals surface area contributed by atoms with E-state index in [0.29, 0.717) is 12.5 Å². The summed E-state index contributed by atoms with van der Waals surface area (Å²) >= 11 is 0. The third-order valence-electron chi connectivity index (χ3n) is 3.23. The van der Waals surface area contributed by atoms with Gasteiger partial charge in [0.1, 0.15) is 0 Å². The molecule has 1 aromatic heterocycles. The lowest BCUT2D eigenvalue weighted by Crippen LogP contribution is -2.40. The summed E-state index contributed by atoms with van der Waals surface area (Å²) in [6, 6.07) is 5.73. The van der Waals surface area contributed by atoms with Gasteiger partial charge in [0.25, 0.3) is 0 Å². The molecule has 4 heteroatoms. The lowest BCUT2D eigenvalue weighted by molar-refractivity contribution is -0.684. The van der Waals surface area contributed by atoms with Crippen LogP contribution in [0.15, 0.2) is 35.7 Å². The quantitative estimate of drug-likeness (QED) is 0.490. The van der Waals surface area contributed by atoms with Crippen molar-refractivity contribution >= 4 is 12.1 Å². The molecule has 2 rings (SSSR count). The first-order valence-electron chi connectivity index (χ1n) is 6.61. The largest absolute Gasteiger partial charge is 0.305 e. The number of hydrogen-bond donors (Lipinski definition) is 1. The van der Waals surface area contributed by atoms with Crippen LogP contribution in [-0.2, 0) is 11.3 Å². The van der Waals surface area contributed by atoms with Crippen molar-refractivity contribution in [3.63, 3.8) is 0 Å². The highest BCUT2D eigenvalue weighted by Gasteiger charge is 2.11. The third kappa shape index (κ3) is 4.28. The van der Waals surface area contributed by atoms with Crippen LogP contribution in [0.5, 0.6) is 0 Å². The van der Waals surface area contributed by atoms with Gasteiger partial charge in [-0.25, -0.2) is 5.43 Å². The Kier molecular flexibility index (Phi) is 4.88. The van der Waals surface area contributed by atoms with Crippen LogP contribution in [0.25, 0.3) is 0 Å². The van der Waals surface area contributed by atoms with E-state index in [2.05, 4.69) is 10.5 Å². The number of nitrogens with zero attached hydrogens (tertiary/aromatic N) is 2. The van der Waals surface area contributed by atoms with Gasteiger partial charge in [0.15, 0.2) is 12.4 Å². The number of amides is 1. The molecule has 1 N–H and O–H groups in total. The number of carbonyl (C=O) groups is 1. The van der Waals surface area contributed by atoms with Crippen molar-refractivity contribution in [2.24, 2.45) is 11.0 Å². The Labute approximate surface area is 108 Å². The van der Waals surface area contributed by atoms with Gasteiger partial charge in [-0.1, -0.05) is 25.3 Å². The SMILES string of the molecule is O=C(C[n+]1ccccc1)N/N=C/C1CCCCC1. The zero-order valence-electron chi connectivity index (χ0n) is 10.6. The highest BCUT2D eigenvalue weighted by atomic mass is 16.2. The summed E-state index contributed by atoms with van der Waals surface area (Å²) in [7, 11) is 0. The molecular weight excluding hydrogens is 226 g/mol. The molecule has 0 unspecified atom stereocenters. The number of rotatable bonds is 4. The maximum Gasteiger partial charge on any atom is 0.305 e. The van der Waals surface area contributed by atoms with E-state index in [0.717, 1.165) is 0 Å². The molecular formula is C14H20N3O+. The predicted molar refractivity (Wildman–Crippen MR) is 69.8 cm³/mol. The molecule has 96 valence electrons. The van der Waals surface area contributed by atoms with Crippen LogP contribution in [0.2, 0.25) is 0 Å². The van der Waals surface area contributed by atoms with Crippen molar-refractivity contribution in [1.82, 2.24) is 5.43 Å². The Morgan fingerprint density at radius 3 is 2.67 bits per heavy atom. The highest BCUT2D eigenvalue weighted by Crippen LogP contribution is 2.21. The van der Waals surface area contributed by atoms with Crippen LogP contribution >= 0.6 is 0 Å². The zero-order valence-corrected chi connectivity index (χ0v) is 10.6. The molecule has 4 nitrogen and oxygen atoms in total. The Morgan fingerprint density at radius 1 is 1.22 bits per heavy atom. The van der Waals surface area contributed by atoms with E-state index < -0.39 is 0 Å². The van der Waals surface area contributed by atoms with E-state index in [9.17, 15) is 4.79 Å². The Hall–Kier alpha value is -1.71. The van der Waals surface area contributed by atoms with E-state index >= 15 is 0 Å². The molecule has 0 bridgehead atoms. The number of pyridine rings is 1. The third-order valence-corrected chi connectivity index (χ3v) is 3.23. The van der Waals surface area contributed by atoms with Gasteiger partial charge in [0.2, 0.25) is 6.54 Å². The maximum absolute atomic E-state index is 11.6. The molecule has 18 heavy (non-hydrogen) atoms. The average molecular weight is 246 g/mol. The second-order valence-corrected chi connectivity index (χ2v) is 4.76. The van der Waals surface area contributed by atoms with Gasteiger partial charge in [-0.2, -0.15) is 9.67 Å². The molecule has 1 fully saturated rings. The molecule has 1 aliphatic rings. The monoisotopic (exact) mass is 246 g/mol. The molecule has 0 atom stereocenters. The van der Waals surface area contributed by atoms with Crippen LogP contribution in [0.4, 0.5) is 0 Å². The minimum atomic E-state index is -0.0849. The van der Waals surface area contributed by atoms with Crippen molar-refractivity contribution in [2.75, 3.05) is 0 Å². The van der Waals surface area contributed by atoms with E-state index in [4.69, 9.17) is 0 Å². The fraction of sp³-hybridized carbons (Fsp3) is 0.500. The lowest BCUT2D eigenvalue weighted by atomic mass is 9.90. The van der Waals surface area contributed by atoms with Gasteiger partial charge < -0.3 is 0 Å². The zero-order chi connectivity index (χ0) is 12.6. The molecule has 0 saturated heterocycles. The summed E-state index contributed by atoms with van der Waals surface area (Å²) in [6.07, 6.45) is 11.9.